The van der Waals surface area contributed by atoms with Crippen LogP contribution in [-0.2, 0) is 20.2 Å². The Hall–Kier alpha value is -2.97. The third-order valence-electron chi connectivity index (χ3n) is 5.81. The molecular formula is C23H24ClFN4O3. The lowest BCUT2D eigenvalue weighted by atomic mass is 9.93. The fourth-order valence-corrected chi connectivity index (χ4v) is 4.07. The molecule has 32 heavy (non-hydrogen) atoms. The molecule has 0 saturated carbocycles. The molecule has 1 fully saturated rings. The molecule has 9 heteroatoms. The monoisotopic (exact) mass is 458 g/mol. The normalized spacial score (nSPS) is 15.1. The molecule has 0 aliphatic carbocycles. The minimum Gasteiger partial charge on any atom is -0.477 e. The molecule has 0 unspecified atom stereocenters. The Balaban J connectivity index is 1.33. The second-order valence-electron chi connectivity index (χ2n) is 7.90. The topological polar surface area (TPSA) is 80.5 Å². The summed E-state index contributed by atoms with van der Waals surface area (Å²) in [7, 11) is 1.73. The van der Waals surface area contributed by atoms with Gasteiger partial charge in [0.1, 0.15) is 23.9 Å². The van der Waals surface area contributed by atoms with Crippen molar-refractivity contribution >= 4 is 17.6 Å². The van der Waals surface area contributed by atoms with E-state index in [9.17, 15) is 14.3 Å². The first-order valence-electron chi connectivity index (χ1n) is 10.4. The number of benzene rings is 1. The Morgan fingerprint density at radius 1 is 1.28 bits per heavy atom. The Labute approximate surface area is 190 Å². The number of likely N-dealkylation sites (tertiary alicyclic amines) is 1. The molecule has 2 aromatic heterocycles. The van der Waals surface area contributed by atoms with Crippen LogP contribution in [0.5, 0.6) is 5.88 Å². The highest BCUT2D eigenvalue weighted by atomic mass is 35.5. The van der Waals surface area contributed by atoms with Crippen LogP contribution in [0, 0.1) is 5.82 Å². The van der Waals surface area contributed by atoms with Crippen LogP contribution in [0.4, 0.5) is 4.39 Å². The second kappa shape index (κ2) is 9.67. The number of aromatic nitrogens is 3. The Morgan fingerprint density at radius 2 is 2.06 bits per heavy atom. The van der Waals surface area contributed by atoms with Crippen LogP contribution < -0.4 is 4.74 Å². The number of hydrogen-bond donors (Lipinski definition) is 1. The number of aromatic carboxylic acids is 1. The van der Waals surface area contributed by atoms with Crippen molar-refractivity contribution in [1.29, 1.82) is 0 Å². The van der Waals surface area contributed by atoms with Gasteiger partial charge in [0.2, 0.25) is 5.88 Å². The summed E-state index contributed by atoms with van der Waals surface area (Å²) in [6.07, 6.45) is 3.26. The van der Waals surface area contributed by atoms with E-state index in [2.05, 4.69) is 14.9 Å². The van der Waals surface area contributed by atoms with Gasteiger partial charge in [-0.05, 0) is 44.1 Å². The molecule has 0 atom stereocenters. The molecule has 1 aromatic carbocycles. The number of imidazole rings is 1. The second-order valence-corrected chi connectivity index (χ2v) is 8.34. The Morgan fingerprint density at radius 3 is 2.75 bits per heavy atom. The lowest BCUT2D eigenvalue weighted by Gasteiger charge is -2.31. The van der Waals surface area contributed by atoms with Crippen LogP contribution in [0.1, 0.15) is 46.3 Å². The number of hydrogen-bond acceptors (Lipinski definition) is 5. The summed E-state index contributed by atoms with van der Waals surface area (Å²) in [5.74, 6) is 0.136. The number of nitrogens with zero attached hydrogens (tertiary/aromatic N) is 4. The number of carbonyl (C=O) groups is 1. The van der Waals surface area contributed by atoms with Gasteiger partial charge < -0.3 is 14.4 Å². The summed E-state index contributed by atoms with van der Waals surface area (Å²) < 4.78 is 21.3. The summed E-state index contributed by atoms with van der Waals surface area (Å²) in [6.45, 7) is 2.42. The number of pyridine rings is 1. The molecule has 0 spiro atoms. The highest BCUT2D eigenvalue weighted by Gasteiger charge is 2.23. The molecule has 4 rings (SSSR count). The third-order valence-corrected chi connectivity index (χ3v) is 6.05. The van der Waals surface area contributed by atoms with E-state index in [4.69, 9.17) is 16.3 Å². The molecule has 0 amide bonds. The quantitative estimate of drug-likeness (QED) is 0.569. The van der Waals surface area contributed by atoms with Gasteiger partial charge in [0.25, 0.3) is 0 Å². The van der Waals surface area contributed by atoms with Crippen molar-refractivity contribution in [2.75, 3.05) is 13.1 Å². The minimum atomic E-state index is -0.975. The minimum absolute atomic E-state index is 0.0832. The lowest BCUT2D eigenvalue weighted by molar-refractivity contribution is 0.0685. The average Bonchev–Trinajstić information content (AvgIpc) is 3.14. The highest BCUT2D eigenvalue weighted by molar-refractivity contribution is 6.30. The standard InChI is InChI=1S/C23H24ClFN4O3/c1-28-20(23(30)31)12-26-21(28)13-29-9-7-15(8-10-29)19-3-2-4-22(27-19)32-14-16-5-6-17(24)11-18(16)25/h2-6,11-12,15H,7-10,13-14H2,1H3,(H,30,31). The summed E-state index contributed by atoms with van der Waals surface area (Å²) in [4.78, 5) is 22.4. The van der Waals surface area contributed by atoms with Gasteiger partial charge in [0, 0.05) is 35.3 Å². The summed E-state index contributed by atoms with van der Waals surface area (Å²) >= 11 is 5.79. The molecule has 0 radical (unpaired) electrons. The van der Waals surface area contributed by atoms with Gasteiger partial charge in [0.05, 0.1) is 12.7 Å². The van der Waals surface area contributed by atoms with E-state index in [1.54, 1.807) is 29.8 Å². The Bertz CT molecular complexity index is 1110. The smallest absolute Gasteiger partial charge is 0.354 e. The Kier molecular flexibility index (Phi) is 6.72. The van der Waals surface area contributed by atoms with Gasteiger partial charge in [-0.25, -0.2) is 19.2 Å². The highest BCUT2D eigenvalue weighted by Crippen LogP contribution is 2.29. The van der Waals surface area contributed by atoms with Crippen molar-refractivity contribution in [1.82, 2.24) is 19.4 Å². The molecule has 1 aliphatic rings. The fourth-order valence-electron chi connectivity index (χ4n) is 3.91. The maximum Gasteiger partial charge on any atom is 0.354 e. The predicted molar refractivity (Wildman–Crippen MR) is 117 cm³/mol. The van der Waals surface area contributed by atoms with E-state index in [1.165, 1.54) is 12.3 Å². The zero-order valence-corrected chi connectivity index (χ0v) is 18.4. The first-order valence-corrected chi connectivity index (χ1v) is 10.8. The molecule has 7 nitrogen and oxygen atoms in total. The molecule has 1 saturated heterocycles. The van der Waals surface area contributed by atoms with E-state index in [1.807, 2.05) is 12.1 Å². The zero-order chi connectivity index (χ0) is 22.7. The van der Waals surface area contributed by atoms with Gasteiger partial charge in [-0.3, -0.25) is 4.90 Å². The largest absolute Gasteiger partial charge is 0.477 e. The van der Waals surface area contributed by atoms with Crippen LogP contribution in [-0.4, -0.2) is 43.6 Å². The van der Waals surface area contributed by atoms with E-state index in [-0.39, 0.29) is 12.3 Å². The molecule has 3 aromatic rings. The van der Waals surface area contributed by atoms with E-state index in [0.717, 1.165) is 37.4 Å². The van der Waals surface area contributed by atoms with E-state index in [0.29, 0.717) is 28.9 Å². The van der Waals surface area contributed by atoms with Crippen molar-refractivity contribution in [2.45, 2.75) is 31.9 Å². The van der Waals surface area contributed by atoms with Gasteiger partial charge in [-0.1, -0.05) is 23.7 Å². The van der Waals surface area contributed by atoms with Crippen molar-refractivity contribution < 1.29 is 19.0 Å². The SMILES string of the molecule is Cn1c(C(=O)O)cnc1CN1CCC(c2cccc(OCc3ccc(Cl)cc3F)n2)CC1. The molecule has 0 bridgehead atoms. The van der Waals surface area contributed by atoms with Crippen molar-refractivity contribution in [2.24, 2.45) is 7.05 Å². The predicted octanol–water partition coefficient (Wildman–Crippen LogP) is 4.26. The van der Waals surface area contributed by atoms with Crippen LogP contribution >= 0.6 is 11.6 Å². The van der Waals surface area contributed by atoms with Crippen LogP contribution in [0.2, 0.25) is 5.02 Å². The number of carboxylic acid groups (broad SMARTS) is 1. The number of carboxylic acids is 1. The lowest BCUT2D eigenvalue weighted by Crippen LogP contribution is -2.33. The number of rotatable bonds is 7. The summed E-state index contributed by atoms with van der Waals surface area (Å²) in [5.41, 5.74) is 1.58. The van der Waals surface area contributed by atoms with Crippen molar-refractivity contribution in [3.05, 3.63) is 76.2 Å². The first-order chi connectivity index (χ1) is 15.4. The number of ether oxygens (including phenoxy) is 1. The molecule has 168 valence electrons. The van der Waals surface area contributed by atoms with Crippen LogP contribution in [0.25, 0.3) is 0 Å². The van der Waals surface area contributed by atoms with Crippen LogP contribution in [0.15, 0.2) is 42.6 Å². The van der Waals surface area contributed by atoms with Crippen LogP contribution in [0.3, 0.4) is 0 Å². The first kappa shape index (κ1) is 22.2. The van der Waals surface area contributed by atoms with Crippen molar-refractivity contribution in [3.8, 4) is 5.88 Å². The van der Waals surface area contributed by atoms with Gasteiger partial charge in [-0.15, -0.1) is 0 Å². The zero-order valence-electron chi connectivity index (χ0n) is 17.7. The molecule has 3 heterocycles. The van der Waals surface area contributed by atoms with Gasteiger partial charge in [-0.2, -0.15) is 0 Å². The average molecular weight is 459 g/mol. The van der Waals surface area contributed by atoms with E-state index >= 15 is 0 Å². The summed E-state index contributed by atoms with van der Waals surface area (Å²) in [6, 6.07) is 10.2. The van der Waals surface area contributed by atoms with Gasteiger partial charge >= 0.3 is 5.97 Å². The third kappa shape index (κ3) is 5.08. The fraction of sp³-hybridized carbons (Fsp3) is 0.348. The molecule has 1 aliphatic heterocycles. The van der Waals surface area contributed by atoms with Gasteiger partial charge in [0.15, 0.2) is 0 Å². The maximum absolute atomic E-state index is 14.0. The van der Waals surface area contributed by atoms with Crippen molar-refractivity contribution in [3.63, 3.8) is 0 Å². The molecule has 1 N–H and O–H groups in total. The maximum atomic E-state index is 14.0. The van der Waals surface area contributed by atoms with E-state index < -0.39 is 11.8 Å². The molecular weight excluding hydrogens is 435 g/mol. The number of piperidine rings is 1. The number of halogens is 2. The summed E-state index contributed by atoms with van der Waals surface area (Å²) in [5, 5.41) is 9.53.